The van der Waals surface area contributed by atoms with Crippen molar-refractivity contribution in [2.24, 2.45) is 0 Å². The molecule has 0 aliphatic carbocycles. The van der Waals surface area contributed by atoms with Gasteiger partial charge in [0.1, 0.15) is 21.4 Å². The minimum atomic E-state index is -4.44. The predicted octanol–water partition coefficient (Wildman–Crippen LogP) is 4.46. The van der Waals surface area contributed by atoms with Gasteiger partial charge in [-0.15, -0.1) is 22.7 Å². The Hall–Kier alpha value is -1.80. The van der Waals surface area contributed by atoms with Crippen LogP contribution < -0.4 is 0 Å². The van der Waals surface area contributed by atoms with E-state index in [-0.39, 0.29) is 5.01 Å². The van der Waals surface area contributed by atoms with Crippen LogP contribution in [-0.2, 0) is 6.18 Å². The molecule has 3 nitrogen and oxygen atoms in total. The van der Waals surface area contributed by atoms with E-state index >= 15 is 0 Å². The summed E-state index contributed by atoms with van der Waals surface area (Å²) in [6.07, 6.45) is -4.44. The number of hydrogen-bond donors (Lipinski definition) is 0. The Bertz CT molecular complexity index is 777. The second kappa shape index (κ2) is 5.19. The van der Waals surface area contributed by atoms with E-state index in [0.717, 1.165) is 22.4 Å². The van der Waals surface area contributed by atoms with Gasteiger partial charge in [-0.05, 0) is 25.1 Å². The van der Waals surface area contributed by atoms with Crippen LogP contribution >= 0.6 is 22.7 Å². The highest BCUT2D eigenvalue weighted by molar-refractivity contribution is 7.13. The van der Waals surface area contributed by atoms with E-state index < -0.39 is 11.9 Å². The summed E-state index contributed by atoms with van der Waals surface area (Å²) in [4.78, 5) is 12.2. The van der Waals surface area contributed by atoms with E-state index in [2.05, 4.69) is 21.0 Å². The van der Waals surface area contributed by atoms with Gasteiger partial charge in [-0.1, -0.05) is 0 Å². The highest BCUT2D eigenvalue weighted by Gasteiger charge is 2.33. The first-order valence-electron chi connectivity index (χ1n) is 5.77. The second-order valence-corrected chi connectivity index (χ2v) is 5.88. The van der Waals surface area contributed by atoms with Gasteiger partial charge in [0.2, 0.25) is 0 Å². The molecule has 1 radical (unpaired) electrons. The quantitative estimate of drug-likeness (QED) is 0.698. The van der Waals surface area contributed by atoms with Crippen molar-refractivity contribution in [1.29, 1.82) is 0 Å². The lowest BCUT2D eigenvalue weighted by atomic mass is 10.3. The summed E-state index contributed by atoms with van der Waals surface area (Å²) in [7, 11) is 0. The van der Waals surface area contributed by atoms with Gasteiger partial charge in [0.05, 0.1) is 0 Å². The van der Waals surface area contributed by atoms with E-state index in [4.69, 9.17) is 0 Å². The number of pyridine rings is 1. The molecular weight excluding hydrogens is 319 g/mol. The molecule has 0 fully saturated rings. The smallest absolute Gasteiger partial charge is 0.243 e. The number of hydrogen-bond acceptors (Lipinski definition) is 5. The highest BCUT2D eigenvalue weighted by atomic mass is 32.1. The third kappa shape index (κ3) is 2.96. The molecule has 0 aliphatic rings. The average molecular weight is 326 g/mol. The molecule has 0 saturated carbocycles. The first-order valence-corrected chi connectivity index (χ1v) is 7.53. The van der Waals surface area contributed by atoms with E-state index in [9.17, 15) is 13.2 Å². The van der Waals surface area contributed by atoms with Crippen molar-refractivity contribution in [1.82, 2.24) is 15.0 Å². The third-order valence-corrected chi connectivity index (χ3v) is 4.38. The Balaban J connectivity index is 1.98. The Labute approximate surface area is 126 Å². The molecule has 0 bridgehead atoms. The highest BCUT2D eigenvalue weighted by Crippen LogP contribution is 2.33. The monoisotopic (exact) mass is 326 g/mol. The Morgan fingerprint density at radius 1 is 0.952 bits per heavy atom. The lowest BCUT2D eigenvalue weighted by Gasteiger charge is -2.01. The van der Waals surface area contributed by atoms with Gasteiger partial charge in [0, 0.05) is 16.5 Å². The SMILES string of the molecule is Cc1csc(-c2c[c]cc(-c3nc(C(F)(F)F)cs3)n2)n1. The molecule has 3 aromatic heterocycles. The molecule has 0 unspecified atom stereocenters. The molecule has 0 N–H and O–H groups in total. The maximum atomic E-state index is 12.6. The molecule has 0 atom stereocenters. The number of halogens is 3. The minimum Gasteiger partial charge on any atom is -0.243 e. The summed E-state index contributed by atoms with van der Waals surface area (Å²) in [6.45, 7) is 1.87. The van der Waals surface area contributed by atoms with Gasteiger partial charge in [-0.25, -0.2) is 15.0 Å². The molecule has 0 aromatic carbocycles. The van der Waals surface area contributed by atoms with Crippen molar-refractivity contribution in [3.05, 3.63) is 40.3 Å². The Kier molecular flexibility index (Phi) is 3.50. The van der Waals surface area contributed by atoms with Crippen LogP contribution in [0.3, 0.4) is 0 Å². The van der Waals surface area contributed by atoms with E-state index in [0.29, 0.717) is 16.4 Å². The number of aryl methyl sites for hydroxylation is 1. The Morgan fingerprint density at radius 3 is 2.10 bits per heavy atom. The van der Waals surface area contributed by atoms with Gasteiger partial charge >= 0.3 is 6.18 Å². The fraction of sp³-hybridized carbons (Fsp3) is 0.154. The van der Waals surface area contributed by atoms with Crippen LogP contribution in [-0.4, -0.2) is 15.0 Å². The fourth-order valence-electron chi connectivity index (χ4n) is 1.61. The third-order valence-electron chi connectivity index (χ3n) is 2.53. The fourth-order valence-corrected chi connectivity index (χ4v) is 3.15. The van der Waals surface area contributed by atoms with Gasteiger partial charge in [0.15, 0.2) is 5.69 Å². The number of aromatic nitrogens is 3. The van der Waals surface area contributed by atoms with Crippen molar-refractivity contribution < 1.29 is 13.2 Å². The summed E-state index contributed by atoms with van der Waals surface area (Å²) in [5, 5.41) is 3.79. The maximum absolute atomic E-state index is 12.6. The molecule has 0 spiro atoms. The van der Waals surface area contributed by atoms with E-state index in [1.807, 2.05) is 12.3 Å². The van der Waals surface area contributed by atoms with Gasteiger partial charge in [-0.3, -0.25) is 0 Å². The van der Waals surface area contributed by atoms with Crippen molar-refractivity contribution in [3.8, 4) is 21.4 Å². The molecule has 8 heteroatoms. The molecule has 3 aromatic rings. The summed E-state index contributed by atoms with van der Waals surface area (Å²) in [5.74, 6) is 0. The largest absolute Gasteiger partial charge is 0.434 e. The summed E-state index contributed by atoms with van der Waals surface area (Å²) in [5.41, 5.74) is 0.908. The molecule has 3 heterocycles. The first-order chi connectivity index (χ1) is 9.93. The predicted molar refractivity (Wildman–Crippen MR) is 75.0 cm³/mol. The van der Waals surface area contributed by atoms with Crippen LogP contribution in [0.15, 0.2) is 22.9 Å². The molecule has 107 valence electrons. The van der Waals surface area contributed by atoms with Crippen LogP contribution in [0.5, 0.6) is 0 Å². The normalized spacial score (nSPS) is 11.8. The zero-order chi connectivity index (χ0) is 15.0. The lowest BCUT2D eigenvalue weighted by Crippen LogP contribution is -2.04. The van der Waals surface area contributed by atoms with E-state index in [1.165, 1.54) is 17.4 Å². The zero-order valence-electron chi connectivity index (χ0n) is 10.6. The van der Waals surface area contributed by atoms with Gasteiger partial charge < -0.3 is 0 Å². The topological polar surface area (TPSA) is 38.7 Å². The van der Waals surface area contributed by atoms with E-state index in [1.54, 1.807) is 6.07 Å². The number of nitrogens with zero attached hydrogens (tertiary/aromatic N) is 3. The minimum absolute atomic E-state index is 0.216. The molecule has 3 rings (SSSR count). The van der Waals surface area contributed by atoms with Crippen molar-refractivity contribution in [2.75, 3.05) is 0 Å². The van der Waals surface area contributed by atoms with Crippen LogP contribution in [0.25, 0.3) is 21.4 Å². The summed E-state index contributed by atoms with van der Waals surface area (Å²) in [6, 6.07) is 6.04. The van der Waals surface area contributed by atoms with Gasteiger partial charge in [-0.2, -0.15) is 13.2 Å². The molecular formula is C13H7F3N3S2. The Morgan fingerprint density at radius 2 is 1.57 bits per heavy atom. The van der Waals surface area contributed by atoms with Crippen LogP contribution in [0, 0.1) is 13.0 Å². The second-order valence-electron chi connectivity index (χ2n) is 4.17. The molecule has 0 amide bonds. The number of alkyl halides is 3. The molecule has 0 aliphatic heterocycles. The molecule has 0 saturated heterocycles. The van der Waals surface area contributed by atoms with Crippen LogP contribution in [0.1, 0.15) is 11.4 Å². The summed E-state index contributed by atoms with van der Waals surface area (Å²) < 4.78 is 37.7. The van der Waals surface area contributed by atoms with Crippen molar-refractivity contribution in [2.45, 2.75) is 13.1 Å². The van der Waals surface area contributed by atoms with Gasteiger partial charge in [0.25, 0.3) is 0 Å². The van der Waals surface area contributed by atoms with Crippen LogP contribution in [0.4, 0.5) is 13.2 Å². The number of rotatable bonds is 2. The maximum Gasteiger partial charge on any atom is 0.434 e. The zero-order valence-corrected chi connectivity index (χ0v) is 12.2. The van der Waals surface area contributed by atoms with Crippen molar-refractivity contribution in [3.63, 3.8) is 0 Å². The van der Waals surface area contributed by atoms with Crippen LogP contribution in [0.2, 0.25) is 0 Å². The lowest BCUT2D eigenvalue weighted by molar-refractivity contribution is -0.140. The number of thiazole rings is 2. The van der Waals surface area contributed by atoms with Crippen molar-refractivity contribution >= 4 is 22.7 Å². The summed E-state index contributed by atoms with van der Waals surface area (Å²) >= 11 is 2.33. The molecule has 21 heavy (non-hydrogen) atoms. The standard InChI is InChI=1S/C13H7F3N3S2/c1-7-5-20-11(17-7)8-3-2-4-9(18-8)12-19-10(6-21-12)13(14,15)16/h3-6H,1H3. The first kappa shape index (κ1) is 14.2. The average Bonchev–Trinajstić information content (AvgIpc) is 3.07.